The van der Waals surface area contributed by atoms with Gasteiger partial charge in [0.05, 0.1) is 22.4 Å². The summed E-state index contributed by atoms with van der Waals surface area (Å²) >= 11 is 0. The van der Waals surface area contributed by atoms with E-state index in [0.29, 0.717) is 5.56 Å². The topological polar surface area (TPSA) is 101 Å². The molecule has 0 aliphatic carbocycles. The van der Waals surface area contributed by atoms with Crippen molar-refractivity contribution in [3.05, 3.63) is 64.7 Å². The van der Waals surface area contributed by atoms with Crippen molar-refractivity contribution < 1.29 is 33.0 Å². The third-order valence-electron chi connectivity index (χ3n) is 2.89. The summed E-state index contributed by atoms with van der Waals surface area (Å²) in [5, 5.41) is 17.4. The second-order valence-electron chi connectivity index (χ2n) is 4.75. The number of carbonyl (C=O) groups is 2. The van der Waals surface area contributed by atoms with Crippen LogP contribution in [0.5, 0.6) is 0 Å². The molecule has 0 unspecified atom stereocenters. The van der Waals surface area contributed by atoms with Gasteiger partial charge in [-0.05, 0) is 24.6 Å². The maximum absolute atomic E-state index is 11.8. The van der Waals surface area contributed by atoms with Gasteiger partial charge in [0.2, 0.25) is 0 Å². The van der Waals surface area contributed by atoms with E-state index in [9.17, 15) is 22.8 Å². The summed E-state index contributed by atoms with van der Waals surface area (Å²) in [4.78, 5) is 21.4. The summed E-state index contributed by atoms with van der Waals surface area (Å²) in [6.45, 7) is 1.61. The normalized spacial score (nSPS) is 10.5. The number of carboxylic acid groups (broad SMARTS) is 2. The van der Waals surface area contributed by atoms with Crippen molar-refractivity contribution in [2.24, 2.45) is 0 Å². The average molecular weight is 341 g/mol. The predicted octanol–water partition coefficient (Wildman–Crippen LogP) is 3.68. The van der Waals surface area contributed by atoms with Gasteiger partial charge < -0.3 is 15.9 Å². The number of rotatable bonds is 2. The highest BCUT2D eigenvalue weighted by Gasteiger charge is 2.29. The Morgan fingerprint density at radius 1 is 0.958 bits per heavy atom. The van der Waals surface area contributed by atoms with Crippen molar-refractivity contribution >= 4 is 17.6 Å². The molecule has 24 heavy (non-hydrogen) atoms. The second kappa shape index (κ2) is 7.49. The van der Waals surface area contributed by atoms with Crippen LogP contribution in [0.15, 0.2) is 42.5 Å². The van der Waals surface area contributed by atoms with Crippen LogP contribution in [-0.2, 0) is 6.18 Å². The van der Waals surface area contributed by atoms with Crippen LogP contribution in [0.3, 0.4) is 0 Å². The molecule has 8 heteroatoms. The molecule has 2 aromatic carbocycles. The molecule has 0 fully saturated rings. The summed E-state index contributed by atoms with van der Waals surface area (Å²) in [5.74, 6) is -2.46. The molecular weight excluding hydrogens is 327 g/mol. The number of halogens is 3. The van der Waals surface area contributed by atoms with Gasteiger partial charge in [0.15, 0.2) is 0 Å². The van der Waals surface area contributed by atoms with Gasteiger partial charge >= 0.3 is 18.1 Å². The number of aryl methyl sites for hydroxylation is 1. The molecule has 0 amide bonds. The fraction of sp³-hybridized carbons (Fsp3) is 0.125. The molecule has 0 spiro atoms. The van der Waals surface area contributed by atoms with Crippen LogP contribution in [-0.4, -0.2) is 22.2 Å². The lowest BCUT2D eigenvalue weighted by Gasteiger charge is -2.06. The molecule has 128 valence electrons. The Labute approximate surface area is 135 Å². The van der Waals surface area contributed by atoms with E-state index in [1.54, 1.807) is 13.0 Å². The SMILES string of the molecule is Cc1cc(C(=O)O)c(N)c(C(=O)O)c1.FC(F)(F)c1ccccc1. The summed E-state index contributed by atoms with van der Waals surface area (Å²) in [6, 6.07) is 9.04. The first-order chi connectivity index (χ1) is 11.0. The lowest BCUT2D eigenvalue weighted by Crippen LogP contribution is -2.09. The average Bonchev–Trinajstić information content (AvgIpc) is 2.49. The molecule has 0 saturated heterocycles. The number of carboxylic acids is 2. The molecule has 0 saturated carbocycles. The minimum Gasteiger partial charge on any atom is -0.478 e. The Morgan fingerprint density at radius 3 is 1.67 bits per heavy atom. The van der Waals surface area contributed by atoms with Gasteiger partial charge in [0.25, 0.3) is 0 Å². The van der Waals surface area contributed by atoms with Crippen molar-refractivity contribution in [3.63, 3.8) is 0 Å². The van der Waals surface area contributed by atoms with E-state index in [2.05, 4.69) is 0 Å². The van der Waals surface area contributed by atoms with E-state index >= 15 is 0 Å². The van der Waals surface area contributed by atoms with Crippen LogP contribution in [0.4, 0.5) is 18.9 Å². The van der Waals surface area contributed by atoms with Crippen LogP contribution in [0.1, 0.15) is 31.8 Å². The number of anilines is 1. The first-order valence-electron chi connectivity index (χ1n) is 6.53. The lowest BCUT2D eigenvalue weighted by atomic mass is 10.0. The van der Waals surface area contributed by atoms with Gasteiger partial charge in [-0.1, -0.05) is 30.3 Å². The zero-order valence-electron chi connectivity index (χ0n) is 12.5. The van der Waals surface area contributed by atoms with Crippen molar-refractivity contribution in [1.82, 2.24) is 0 Å². The molecular formula is C16H14F3NO4. The van der Waals surface area contributed by atoms with Gasteiger partial charge in [-0.25, -0.2) is 9.59 Å². The molecule has 0 aromatic heterocycles. The number of nitrogen functional groups attached to an aromatic ring is 1. The Hall–Kier alpha value is -3.03. The van der Waals surface area contributed by atoms with Crippen LogP contribution in [0.2, 0.25) is 0 Å². The third kappa shape index (κ3) is 5.01. The zero-order valence-corrected chi connectivity index (χ0v) is 12.5. The largest absolute Gasteiger partial charge is 0.478 e. The Morgan fingerprint density at radius 2 is 1.38 bits per heavy atom. The molecule has 2 aromatic rings. The summed E-state index contributed by atoms with van der Waals surface area (Å²) in [6.07, 6.45) is -4.21. The highest BCUT2D eigenvalue weighted by Crippen LogP contribution is 2.28. The van der Waals surface area contributed by atoms with E-state index in [1.807, 2.05) is 0 Å². The molecule has 5 nitrogen and oxygen atoms in total. The fourth-order valence-corrected chi connectivity index (χ4v) is 1.78. The molecule has 0 atom stereocenters. The molecule has 2 rings (SSSR count). The van der Waals surface area contributed by atoms with Crippen molar-refractivity contribution in [3.8, 4) is 0 Å². The number of alkyl halides is 3. The lowest BCUT2D eigenvalue weighted by molar-refractivity contribution is -0.137. The van der Waals surface area contributed by atoms with E-state index in [1.165, 1.54) is 24.3 Å². The van der Waals surface area contributed by atoms with Gasteiger partial charge in [-0.3, -0.25) is 0 Å². The van der Waals surface area contributed by atoms with Crippen molar-refractivity contribution in [2.75, 3.05) is 5.73 Å². The number of nitrogens with two attached hydrogens (primary N) is 1. The predicted molar refractivity (Wildman–Crippen MR) is 81.0 cm³/mol. The number of benzene rings is 2. The van der Waals surface area contributed by atoms with Gasteiger partial charge in [-0.15, -0.1) is 0 Å². The Bertz CT molecular complexity index is 708. The van der Waals surface area contributed by atoms with Crippen LogP contribution in [0.25, 0.3) is 0 Å². The minimum atomic E-state index is -4.21. The van der Waals surface area contributed by atoms with Gasteiger partial charge in [0, 0.05) is 0 Å². The van der Waals surface area contributed by atoms with Crippen molar-refractivity contribution in [1.29, 1.82) is 0 Å². The van der Waals surface area contributed by atoms with Crippen LogP contribution >= 0.6 is 0 Å². The highest BCUT2D eigenvalue weighted by molar-refractivity contribution is 6.02. The fourth-order valence-electron chi connectivity index (χ4n) is 1.78. The summed E-state index contributed by atoms with van der Waals surface area (Å²) in [7, 11) is 0. The van der Waals surface area contributed by atoms with Crippen molar-refractivity contribution in [2.45, 2.75) is 13.1 Å². The van der Waals surface area contributed by atoms with Gasteiger partial charge in [-0.2, -0.15) is 13.2 Å². The Balaban J connectivity index is 0.000000254. The maximum atomic E-state index is 11.8. The number of aromatic carboxylic acids is 2. The summed E-state index contributed by atoms with van der Waals surface area (Å²) < 4.78 is 35.4. The van der Waals surface area contributed by atoms with Crippen LogP contribution in [0, 0.1) is 6.92 Å². The van der Waals surface area contributed by atoms with E-state index < -0.39 is 23.7 Å². The molecule has 0 aliphatic heterocycles. The maximum Gasteiger partial charge on any atom is 0.416 e. The van der Waals surface area contributed by atoms with Gasteiger partial charge in [0.1, 0.15) is 0 Å². The summed E-state index contributed by atoms with van der Waals surface area (Å²) in [5.41, 5.74) is 4.77. The smallest absolute Gasteiger partial charge is 0.416 e. The highest BCUT2D eigenvalue weighted by atomic mass is 19.4. The monoisotopic (exact) mass is 341 g/mol. The third-order valence-corrected chi connectivity index (χ3v) is 2.89. The standard InChI is InChI=1S/C9H9NO4.C7H5F3/c1-4-2-5(8(11)12)7(10)6(3-4)9(13)14;8-7(9,10)6-4-2-1-3-5-6/h2-3H,10H2,1H3,(H,11,12)(H,13,14);1-5H. The van der Waals surface area contributed by atoms with E-state index in [4.69, 9.17) is 15.9 Å². The first kappa shape index (κ1) is 19.0. The molecule has 0 heterocycles. The minimum absolute atomic E-state index is 0.178. The van der Waals surface area contributed by atoms with Crippen LogP contribution < -0.4 is 5.73 Å². The molecule has 0 aliphatic rings. The van der Waals surface area contributed by atoms with E-state index in [-0.39, 0.29) is 16.8 Å². The number of hydrogen-bond donors (Lipinski definition) is 3. The first-order valence-corrected chi connectivity index (χ1v) is 6.53. The molecule has 0 radical (unpaired) electrons. The molecule has 4 N–H and O–H groups in total. The van der Waals surface area contributed by atoms with E-state index in [0.717, 1.165) is 12.1 Å². The zero-order chi connectivity index (χ0) is 18.5. The molecule has 0 bridgehead atoms. The number of hydrogen-bond acceptors (Lipinski definition) is 3. The quantitative estimate of drug-likeness (QED) is 0.724. The Kier molecular flexibility index (Phi) is 5.94. The second-order valence-corrected chi connectivity index (χ2v) is 4.75.